The first kappa shape index (κ1) is 22.3. The highest BCUT2D eigenvalue weighted by Gasteiger charge is 2.29. The van der Waals surface area contributed by atoms with Gasteiger partial charge in [-0.05, 0) is 28.3 Å². The maximum atomic E-state index is 5.97. The summed E-state index contributed by atoms with van der Waals surface area (Å²) in [6.45, 7) is 16.1. The maximum Gasteiger partial charge on any atom is 0.161 e. The lowest BCUT2D eigenvalue weighted by Crippen LogP contribution is -2.30. The van der Waals surface area contributed by atoms with Gasteiger partial charge >= 0.3 is 0 Å². The van der Waals surface area contributed by atoms with Crippen LogP contribution in [-0.2, 0) is 0 Å². The van der Waals surface area contributed by atoms with Gasteiger partial charge in [0.25, 0.3) is 0 Å². The fourth-order valence-electron chi connectivity index (χ4n) is 2.35. The molecule has 2 aromatic carbocycles. The molecular formula is C22H36O2. The topological polar surface area (TPSA) is 18.5 Å². The van der Waals surface area contributed by atoms with Crippen LogP contribution in [0, 0.1) is 11.3 Å². The van der Waals surface area contributed by atoms with Crippen LogP contribution in [0.25, 0.3) is 10.8 Å². The molecule has 2 heteroatoms. The lowest BCUT2D eigenvalue weighted by Gasteiger charge is -2.28. The van der Waals surface area contributed by atoms with Crippen LogP contribution in [0.1, 0.15) is 55.9 Å². The Bertz CT molecular complexity index is 550. The van der Waals surface area contributed by atoms with Crippen LogP contribution in [0.4, 0.5) is 0 Å². The van der Waals surface area contributed by atoms with Gasteiger partial charge in [0.1, 0.15) is 0 Å². The SMILES string of the molecule is C.CC.CC.CC(C)(C)C1COc2cc3ccccc3cc2OC1. The predicted octanol–water partition coefficient (Wildman–Crippen LogP) is 6.96. The largest absolute Gasteiger partial charge is 0.489 e. The van der Waals surface area contributed by atoms with Gasteiger partial charge in [0, 0.05) is 5.92 Å². The van der Waals surface area contributed by atoms with E-state index in [-0.39, 0.29) is 12.8 Å². The molecule has 0 fully saturated rings. The van der Waals surface area contributed by atoms with E-state index in [4.69, 9.17) is 9.47 Å². The summed E-state index contributed by atoms with van der Waals surface area (Å²) in [5, 5.41) is 2.39. The molecule has 0 radical (unpaired) electrons. The van der Waals surface area contributed by atoms with E-state index in [0.29, 0.717) is 5.92 Å². The maximum absolute atomic E-state index is 5.97. The van der Waals surface area contributed by atoms with Crippen LogP contribution in [0.3, 0.4) is 0 Å². The van der Waals surface area contributed by atoms with E-state index in [1.54, 1.807) is 0 Å². The molecule has 24 heavy (non-hydrogen) atoms. The standard InChI is InChI=1S/C17H20O2.2C2H6.CH4/c1-17(2,3)14-10-18-15-8-12-6-4-5-7-13(12)9-16(15)19-11-14;2*1-2;/h4-9,14H,10-11H2,1-3H3;2*1-2H3;1H4. The molecule has 0 unspecified atom stereocenters. The van der Waals surface area contributed by atoms with E-state index in [1.807, 2.05) is 39.8 Å². The number of rotatable bonds is 0. The highest BCUT2D eigenvalue weighted by molar-refractivity contribution is 5.86. The third-order valence-electron chi connectivity index (χ3n) is 3.92. The Hall–Kier alpha value is -1.70. The summed E-state index contributed by atoms with van der Waals surface area (Å²) in [7, 11) is 0. The monoisotopic (exact) mass is 332 g/mol. The van der Waals surface area contributed by atoms with Crippen LogP contribution < -0.4 is 9.47 Å². The van der Waals surface area contributed by atoms with E-state index >= 15 is 0 Å². The molecule has 1 aliphatic heterocycles. The second-order valence-electron chi connectivity index (χ2n) is 6.33. The van der Waals surface area contributed by atoms with Crippen molar-refractivity contribution in [3.63, 3.8) is 0 Å². The van der Waals surface area contributed by atoms with E-state index in [9.17, 15) is 0 Å². The van der Waals surface area contributed by atoms with Crippen molar-refractivity contribution in [2.24, 2.45) is 11.3 Å². The Kier molecular flexibility index (Phi) is 9.50. The van der Waals surface area contributed by atoms with Crippen LogP contribution in [0.15, 0.2) is 36.4 Å². The third kappa shape index (κ3) is 5.43. The first-order valence-electron chi connectivity index (χ1n) is 8.82. The molecule has 136 valence electrons. The number of fused-ring (bicyclic) bond motifs is 2. The van der Waals surface area contributed by atoms with Crippen molar-refractivity contribution in [1.82, 2.24) is 0 Å². The zero-order valence-electron chi connectivity index (χ0n) is 15.8. The highest BCUT2D eigenvalue weighted by atomic mass is 16.5. The molecule has 0 bridgehead atoms. The zero-order chi connectivity index (χ0) is 17.5. The van der Waals surface area contributed by atoms with Gasteiger partial charge in [-0.1, -0.05) is 80.2 Å². The first-order chi connectivity index (χ1) is 11.0. The van der Waals surface area contributed by atoms with Crippen molar-refractivity contribution in [2.45, 2.75) is 55.9 Å². The van der Waals surface area contributed by atoms with Crippen molar-refractivity contribution >= 4 is 10.8 Å². The molecule has 0 amide bonds. The van der Waals surface area contributed by atoms with Gasteiger partial charge in [0.05, 0.1) is 13.2 Å². The van der Waals surface area contributed by atoms with Gasteiger partial charge in [-0.3, -0.25) is 0 Å². The van der Waals surface area contributed by atoms with Gasteiger partial charge in [0.15, 0.2) is 11.5 Å². The van der Waals surface area contributed by atoms with Crippen LogP contribution in [-0.4, -0.2) is 13.2 Å². The Morgan fingerprint density at radius 3 is 1.50 bits per heavy atom. The lowest BCUT2D eigenvalue weighted by atomic mass is 9.82. The number of hydrogen-bond donors (Lipinski definition) is 0. The molecule has 0 atom stereocenters. The number of ether oxygens (including phenoxy) is 2. The Balaban J connectivity index is 0.000000987. The molecule has 1 aliphatic rings. The molecule has 3 rings (SSSR count). The fraction of sp³-hybridized carbons (Fsp3) is 0.545. The quantitative estimate of drug-likeness (QED) is 0.519. The highest BCUT2D eigenvalue weighted by Crippen LogP contribution is 2.37. The Labute approximate surface area is 149 Å². The van der Waals surface area contributed by atoms with E-state index in [0.717, 1.165) is 24.7 Å². The molecule has 1 heterocycles. The minimum absolute atomic E-state index is 0. The molecule has 0 N–H and O–H groups in total. The van der Waals surface area contributed by atoms with Crippen LogP contribution in [0.5, 0.6) is 11.5 Å². The van der Waals surface area contributed by atoms with Crippen molar-refractivity contribution in [3.05, 3.63) is 36.4 Å². The molecule has 0 saturated heterocycles. The van der Waals surface area contributed by atoms with Gasteiger partial charge in [-0.2, -0.15) is 0 Å². The summed E-state index contributed by atoms with van der Waals surface area (Å²) >= 11 is 0. The van der Waals surface area contributed by atoms with Crippen molar-refractivity contribution in [3.8, 4) is 11.5 Å². The lowest BCUT2D eigenvalue weighted by molar-refractivity contribution is 0.114. The average Bonchev–Trinajstić information content (AvgIpc) is 2.78. The third-order valence-corrected chi connectivity index (χ3v) is 3.92. The number of hydrogen-bond acceptors (Lipinski definition) is 2. The fourth-order valence-corrected chi connectivity index (χ4v) is 2.35. The molecule has 0 aliphatic carbocycles. The van der Waals surface area contributed by atoms with Crippen molar-refractivity contribution in [2.75, 3.05) is 13.2 Å². The zero-order valence-corrected chi connectivity index (χ0v) is 15.8. The summed E-state index contributed by atoms with van der Waals surface area (Å²) < 4.78 is 11.9. The summed E-state index contributed by atoms with van der Waals surface area (Å²) in [4.78, 5) is 0. The molecule has 2 aromatic rings. The molecule has 2 nitrogen and oxygen atoms in total. The average molecular weight is 333 g/mol. The van der Waals surface area contributed by atoms with Gasteiger partial charge < -0.3 is 9.47 Å². The number of benzene rings is 2. The summed E-state index contributed by atoms with van der Waals surface area (Å²) in [5.74, 6) is 2.14. The molecule has 0 aromatic heterocycles. The molecule has 0 saturated carbocycles. The minimum Gasteiger partial charge on any atom is -0.489 e. The Morgan fingerprint density at radius 2 is 1.17 bits per heavy atom. The van der Waals surface area contributed by atoms with Crippen molar-refractivity contribution < 1.29 is 9.47 Å². The summed E-state index contributed by atoms with van der Waals surface area (Å²) in [5.41, 5.74) is 0.196. The summed E-state index contributed by atoms with van der Waals surface area (Å²) in [6.07, 6.45) is 0. The summed E-state index contributed by atoms with van der Waals surface area (Å²) in [6, 6.07) is 12.5. The Morgan fingerprint density at radius 1 is 0.792 bits per heavy atom. The van der Waals surface area contributed by atoms with Gasteiger partial charge in [-0.25, -0.2) is 0 Å². The van der Waals surface area contributed by atoms with E-state index in [2.05, 4.69) is 45.0 Å². The van der Waals surface area contributed by atoms with Crippen molar-refractivity contribution in [1.29, 1.82) is 0 Å². The van der Waals surface area contributed by atoms with Gasteiger partial charge in [0.2, 0.25) is 0 Å². The molecular weight excluding hydrogens is 296 g/mol. The predicted molar refractivity (Wildman–Crippen MR) is 107 cm³/mol. The van der Waals surface area contributed by atoms with E-state index < -0.39 is 0 Å². The normalized spacial score (nSPS) is 13.5. The van der Waals surface area contributed by atoms with Crippen LogP contribution in [0.2, 0.25) is 0 Å². The second kappa shape index (κ2) is 10.2. The van der Waals surface area contributed by atoms with E-state index in [1.165, 1.54) is 10.8 Å². The first-order valence-corrected chi connectivity index (χ1v) is 8.82. The minimum atomic E-state index is 0. The second-order valence-corrected chi connectivity index (χ2v) is 6.33. The molecule has 0 spiro atoms. The van der Waals surface area contributed by atoms with Gasteiger partial charge in [-0.15, -0.1) is 0 Å². The van der Waals surface area contributed by atoms with Crippen LogP contribution >= 0.6 is 0 Å². The smallest absolute Gasteiger partial charge is 0.161 e.